The molecule has 0 bridgehead atoms. The Morgan fingerprint density at radius 3 is 3.07 bits per heavy atom. The molecule has 1 aliphatic heterocycles. The SMILES string of the molecule is C=C(C)CN1CCCc2c(N)cccc21. The van der Waals surface area contributed by atoms with Gasteiger partial charge in [-0.1, -0.05) is 18.2 Å². The minimum Gasteiger partial charge on any atom is -0.398 e. The number of hydrogen-bond acceptors (Lipinski definition) is 2. The van der Waals surface area contributed by atoms with Crippen molar-refractivity contribution >= 4 is 11.4 Å². The van der Waals surface area contributed by atoms with E-state index in [0.29, 0.717) is 0 Å². The highest BCUT2D eigenvalue weighted by Crippen LogP contribution is 2.31. The highest BCUT2D eigenvalue weighted by Gasteiger charge is 2.17. The normalized spacial score (nSPS) is 14.9. The van der Waals surface area contributed by atoms with Crippen LogP contribution in [0.5, 0.6) is 0 Å². The van der Waals surface area contributed by atoms with Crippen molar-refractivity contribution < 1.29 is 0 Å². The molecule has 0 fully saturated rings. The molecule has 1 aromatic rings. The van der Waals surface area contributed by atoms with Crippen LogP contribution in [0.15, 0.2) is 30.4 Å². The van der Waals surface area contributed by atoms with Gasteiger partial charge in [0.25, 0.3) is 0 Å². The van der Waals surface area contributed by atoms with Crippen LogP contribution in [0.1, 0.15) is 18.9 Å². The van der Waals surface area contributed by atoms with Crippen LogP contribution in [0, 0.1) is 0 Å². The Balaban J connectivity index is 2.34. The summed E-state index contributed by atoms with van der Waals surface area (Å²) in [5.41, 5.74) is 10.7. The predicted molar refractivity (Wildman–Crippen MR) is 66.2 cm³/mol. The molecule has 0 saturated heterocycles. The summed E-state index contributed by atoms with van der Waals surface area (Å²) in [5.74, 6) is 0. The van der Waals surface area contributed by atoms with Gasteiger partial charge in [-0.15, -0.1) is 0 Å². The molecule has 1 aromatic carbocycles. The number of nitrogens with two attached hydrogens (primary N) is 1. The molecule has 0 atom stereocenters. The van der Waals surface area contributed by atoms with E-state index < -0.39 is 0 Å². The maximum absolute atomic E-state index is 5.99. The molecule has 0 radical (unpaired) electrons. The van der Waals surface area contributed by atoms with Gasteiger partial charge in [0.15, 0.2) is 0 Å². The van der Waals surface area contributed by atoms with Crippen molar-refractivity contribution in [2.24, 2.45) is 0 Å². The predicted octanol–water partition coefficient (Wildman–Crippen LogP) is 2.60. The van der Waals surface area contributed by atoms with Crippen LogP contribution in [0.2, 0.25) is 0 Å². The standard InChI is InChI=1S/C13H18N2/c1-10(2)9-15-8-4-5-11-12(14)6-3-7-13(11)15/h3,6-7H,1,4-5,8-9,14H2,2H3. The Bertz CT molecular complexity index is 382. The Kier molecular flexibility index (Phi) is 2.67. The van der Waals surface area contributed by atoms with E-state index in [0.717, 1.165) is 25.2 Å². The molecule has 80 valence electrons. The number of hydrogen-bond donors (Lipinski definition) is 1. The highest BCUT2D eigenvalue weighted by atomic mass is 15.1. The largest absolute Gasteiger partial charge is 0.398 e. The van der Waals surface area contributed by atoms with Gasteiger partial charge < -0.3 is 10.6 Å². The van der Waals surface area contributed by atoms with Gasteiger partial charge in [0.1, 0.15) is 0 Å². The third-order valence-corrected chi connectivity index (χ3v) is 2.84. The Labute approximate surface area is 91.4 Å². The van der Waals surface area contributed by atoms with Crippen molar-refractivity contribution in [3.8, 4) is 0 Å². The number of nitrogen functional groups attached to an aromatic ring is 1. The summed E-state index contributed by atoms with van der Waals surface area (Å²) in [5, 5.41) is 0. The molecule has 2 heteroatoms. The van der Waals surface area contributed by atoms with Crippen molar-refractivity contribution in [2.75, 3.05) is 23.7 Å². The maximum atomic E-state index is 5.99. The lowest BCUT2D eigenvalue weighted by atomic mass is 9.99. The summed E-state index contributed by atoms with van der Waals surface area (Å²) in [6, 6.07) is 6.18. The van der Waals surface area contributed by atoms with Crippen LogP contribution in [0.3, 0.4) is 0 Å². The van der Waals surface area contributed by atoms with E-state index >= 15 is 0 Å². The molecule has 0 saturated carbocycles. The van der Waals surface area contributed by atoms with E-state index in [4.69, 9.17) is 5.73 Å². The molecular formula is C13H18N2. The molecule has 15 heavy (non-hydrogen) atoms. The number of fused-ring (bicyclic) bond motifs is 1. The Hall–Kier alpha value is -1.44. The minimum absolute atomic E-state index is 0.930. The van der Waals surface area contributed by atoms with Gasteiger partial charge in [-0.05, 0) is 37.5 Å². The van der Waals surface area contributed by atoms with E-state index in [1.54, 1.807) is 0 Å². The molecule has 0 aromatic heterocycles. The van der Waals surface area contributed by atoms with Gasteiger partial charge in [0.2, 0.25) is 0 Å². The van der Waals surface area contributed by atoms with Crippen LogP contribution in [0.25, 0.3) is 0 Å². The third kappa shape index (κ3) is 1.99. The second-order valence-corrected chi connectivity index (χ2v) is 4.33. The monoisotopic (exact) mass is 202 g/mol. The fourth-order valence-electron chi connectivity index (χ4n) is 2.22. The molecule has 2 N–H and O–H groups in total. The summed E-state index contributed by atoms with van der Waals surface area (Å²) in [4.78, 5) is 2.37. The molecule has 0 aliphatic carbocycles. The molecule has 0 amide bonds. The van der Waals surface area contributed by atoms with Crippen LogP contribution in [-0.4, -0.2) is 13.1 Å². The second kappa shape index (κ2) is 3.97. The molecule has 2 rings (SSSR count). The Morgan fingerprint density at radius 2 is 2.33 bits per heavy atom. The van der Waals surface area contributed by atoms with Crippen LogP contribution >= 0.6 is 0 Å². The lowest BCUT2D eigenvalue weighted by Crippen LogP contribution is -2.31. The highest BCUT2D eigenvalue weighted by molar-refractivity contribution is 5.66. The van der Waals surface area contributed by atoms with E-state index in [1.807, 2.05) is 12.1 Å². The molecule has 0 spiro atoms. The topological polar surface area (TPSA) is 29.3 Å². The molecule has 0 unspecified atom stereocenters. The molecule has 2 nitrogen and oxygen atoms in total. The van der Waals surface area contributed by atoms with Crippen LogP contribution in [-0.2, 0) is 6.42 Å². The first kappa shape index (κ1) is 10.1. The number of benzene rings is 1. The summed E-state index contributed by atoms with van der Waals surface area (Å²) in [6.07, 6.45) is 2.29. The summed E-state index contributed by atoms with van der Waals surface area (Å²) >= 11 is 0. The fraction of sp³-hybridized carbons (Fsp3) is 0.385. The first-order valence-corrected chi connectivity index (χ1v) is 5.45. The number of rotatable bonds is 2. The van der Waals surface area contributed by atoms with Crippen LogP contribution < -0.4 is 10.6 Å². The van der Waals surface area contributed by atoms with E-state index in [-0.39, 0.29) is 0 Å². The van der Waals surface area contributed by atoms with Crippen molar-refractivity contribution in [1.29, 1.82) is 0 Å². The van der Waals surface area contributed by atoms with Gasteiger partial charge >= 0.3 is 0 Å². The van der Waals surface area contributed by atoms with Crippen molar-refractivity contribution in [2.45, 2.75) is 19.8 Å². The van der Waals surface area contributed by atoms with Crippen molar-refractivity contribution in [3.63, 3.8) is 0 Å². The molecule has 1 aliphatic rings. The average molecular weight is 202 g/mol. The second-order valence-electron chi connectivity index (χ2n) is 4.33. The van der Waals surface area contributed by atoms with Gasteiger partial charge in [-0.3, -0.25) is 0 Å². The summed E-state index contributed by atoms with van der Waals surface area (Å²) in [7, 11) is 0. The van der Waals surface area contributed by atoms with Gasteiger partial charge in [0, 0.05) is 24.5 Å². The van der Waals surface area contributed by atoms with Gasteiger partial charge in [-0.25, -0.2) is 0 Å². The summed E-state index contributed by atoms with van der Waals surface area (Å²) < 4.78 is 0. The zero-order chi connectivity index (χ0) is 10.8. The van der Waals surface area contributed by atoms with Gasteiger partial charge in [0.05, 0.1) is 0 Å². The minimum atomic E-state index is 0.930. The van der Waals surface area contributed by atoms with E-state index in [9.17, 15) is 0 Å². The first-order chi connectivity index (χ1) is 7.18. The van der Waals surface area contributed by atoms with E-state index in [2.05, 4.69) is 24.5 Å². The zero-order valence-electron chi connectivity index (χ0n) is 9.29. The fourth-order valence-corrected chi connectivity index (χ4v) is 2.22. The average Bonchev–Trinajstić information content (AvgIpc) is 2.19. The third-order valence-electron chi connectivity index (χ3n) is 2.84. The Morgan fingerprint density at radius 1 is 1.53 bits per heavy atom. The number of anilines is 2. The lowest BCUT2D eigenvalue weighted by Gasteiger charge is -2.32. The first-order valence-electron chi connectivity index (χ1n) is 5.45. The molecular weight excluding hydrogens is 184 g/mol. The maximum Gasteiger partial charge on any atom is 0.0422 e. The van der Waals surface area contributed by atoms with Crippen molar-refractivity contribution in [1.82, 2.24) is 0 Å². The zero-order valence-corrected chi connectivity index (χ0v) is 9.29. The van der Waals surface area contributed by atoms with Crippen LogP contribution in [0.4, 0.5) is 11.4 Å². The van der Waals surface area contributed by atoms with Gasteiger partial charge in [-0.2, -0.15) is 0 Å². The molecule has 1 heterocycles. The summed E-state index contributed by atoms with van der Waals surface area (Å²) in [6.45, 7) is 8.10. The number of nitrogens with zero attached hydrogens (tertiary/aromatic N) is 1. The quantitative estimate of drug-likeness (QED) is 0.590. The van der Waals surface area contributed by atoms with Crippen molar-refractivity contribution in [3.05, 3.63) is 35.9 Å². The van der Waals surface area contributed by atoms with E-state index in [1.165, 1.54) is 23.2 Å². The lowest BCUT2D eigenvalue weighted by molar-refractivity contribution is 0.716. The smallest absolute Gasteiger partial charge is 0.0422 e.